The molecule has 0 aliphatic heterocycles. The number of rotatable bonds is 3. The van der Waals surface area contributed by atoms with Crippen LogP contribution in [0.15, 0.2) is 0 Å². The maximum atomic E-state index is 9.93. The molecule has 0 bridgehead atoms. The van der Waals surface area contributed by atoms with E-state index in [9.17, 15) is 5.11 Å². The van der Waals surface area contributed by atoms with Crippen molar-refractivity contribution in [1.29, 1.82) is 0 Å². The monoisotopic (exact) mass is 185 g/mol. The molecule has 1 aliphatic rings. The van der Waals surface area contributed by atoms with Crippen molar-refractivity contribution in [3.63, 3.8) is 0 Å². The smallest absolute Gasteiger partial charge is 0.0585 e. The fourth-order valence-corrected chi connectivity index (χ4v) is 2.22. The Morgan fingerprint density at radius 1 is 1.31 bits per heavy atom. The Morgan fingerprint density at radius 3 is 2.31 bits per heavy atom. The van der Waals surface area contributed by atoms with Crippen LogP contribution >= 0.6 is 0 Å². The summed E-state index contributed by atoms with van der Waals surface area (Å²) in [5, 5.41) is 9.93. The molecular formula is C11H23NO. The summed E-state index contributed by atoms with van der Waals surface area (Å²) in [6, 6.07) is 0. The van der Waals surface area contributed by atoms with Gasteiger partial charge in [-0.05, 0) is 39.0 Å². The lowest BCUT2D eigenvalue weighted by molar-refractivity contribution is 0.0614. The molecule has 0 aromatic rings. The van der Waals surface area contributed by atoms with Gasteiger partial charge in [0.25, 0.3) is 0 Å². The maximum Gasteiger partial charge on any atom is 0.0585 e. The Bertz CT molecular complexity index is 145. The zero-order valence-electron chi connectivity index (χ0n) is 8.92. The molecule has 0 radical (unpaired) electrons. The maximum absolute atomic E-state index is 9.93. The van der Waals surface area contributed by atoms with Crippen LogP contribution in [0, 0.1) is 5.92 Å². The van der Waals surface area contributed by atoms with Crippen molar-refractivity contribution in [2.75, 3.05) is 0 Å². The number of aliphatic hydroxyl groups is 1. The van der Waals surface area contributed by atoms with Crippen LogP contribution in [0.5, 0.6) is 0 Å². The third-order valence-electron chi connectivity index (χ3n) is 2.93. The number of hydrogen-bond donors (Lipinski definition) is 2. The fourth-order valence-electron chi connectivity index (χ4n) is 2.22. The third-order valence-corrected chi connectivity index (χ3v) is 2.93. The van der Waals surface area contributed by atoms with Gasteiger partial charge in [0.1, 0.15) is 0 Å². The minimum absolute atomic E-state index is 0.180. The summed E-state index contributed by atoms with van der Waals surface area (Å²) in [6.07, 6.45) is 6.85. The standard InChI is InChI=1S/C11H23NO/c1-11(2,12)8-10(13)9-6-4-3-5-7-9/h9-10,13H,3-8,12H2,1-2H3. The zero-order chi connectivity index (χ0) is 9.90. The molecule has 1 aliphatic carbocycles. The SMILES string of the molecule is CC(C)(N)CC(O)C1CCCCC1. The topological polar surface area (TPSA) is 46.2 Å². The van der Waals surface area contributed by atoms with Crippen molar-refractivity contribution in [3.8, 4) is 0 Å². The van der Waals surface area contributed by atoms with Gasteiger partial charge < -0.3 is 10.8 Å². The molecule has 0 heterocycles. The summed E-state index contributed by atoms with van der Waals surface area (Å²) in [4.78, 5) is 0. The van der Waals surface area contributed by atoms with E-state index in [1.807, 2.05) is 13.8 Å². The van der Waals surface area contributed by atoms with Crippen molar-refractivity contribution in [3.05, 3.63) is 0 Å². The minimum atomic E-state index is -0.225. The highest BCUT2D eigenvalue weighted by molar-refractivity contribution is 4.81. The Hall–Kier alpha value is -0.0800. The molecule has 1 rings (SSSR count). The van der Waals surface area contributed by atoms with Crippen molar-refractivity contribution in [1.82, 2.24) is 0 Å². The zero-order valence-corrected chi connectivity index (χ0v) is 8.92. The molecule has 0 aromatic heterocycles. The summed E-state index contributed by atoms with van der Waals surface area (Å²) < 4.78 is 0. The molecule has 1 saturated carbocycles. The summed E-state index contributed by atoms with van der Waals surface area (Å²) in [6.45, 7) is 3.97. The van der Waals surface area contributed by atoms with E-state index in [2.05, 4.69) is 0 Å². The van der Waals surface area contributed by atoms with Gasteiger partial charge in [-0.2, -0.15) is 0 Å². The van der Waals surface area contributed by atoms with Crippen molar-refractivity contribution < 1.29 is 5.11 Å². The summed E-state index contributed by atoms with van der Waals surface area (Å²) in [7, 11) is 0. The second kappa shape index (κ2) is 4.43. The van der Waals surface area contributed by atoms with E-state index in [4.69, 9.17) is 5.73 Å². The molecule has 2 nitrogen and oxygen atoms in total. The van der Waals surface area contributed by atoms with E-state index < -0.39 is 0 Å². The average molecular weight is 185 g/mol. The molecule has 13 heavy (non-hydrogen) atoms. The fraction of sp³-hybridized carbons (Fsp3) is 1.00. The molecular weight excluding hydrogens is 162 g/mol. The normalized spacial score (nSPS) is 23.1. The van der Waals surface area contributed by atoms with Gasteiger partial charge in [0, 0.05) is 5.54 Å². The summed E-state index contributed by atoms with van der Waals surface area (Å²) in [5.74, 6) is 0.511. The minimum Gasteiger partial charge on any atom is -0.393 e. The number of aliphatic hydroxyl groups excluding tert-OH is 1. The van der Waals surface area contributed by atoms with Gasteiger partial charge in [0.15, 0.2) is 0 Å². The van der Waals surface area contributed by atoms with Crippen molar-refractivity contribution in [2.24, 2.45) is 11.7 Å². The lowest BCUT2D eigenvalue weighted by Gasteiger charge is -2.30. The highest BCUT2D eigenvalue weighted by Crippen LogP contribution is 2.29. The van der Waals surface area contributed by atoms with Crippen LogP contribution in [-0.4, -0.2) is 16.7 Å². The molecule has 1 fully saturated rings. The second-order valence-electron chi connectivity index (χ2n) is 5.16. The van der Waals surface area contributed by atoms with Gasteiger partial charge >= 0.3 is 0 Å². The van der Waals surface area contributed by atoms with E-state index in [0.717, 1.165) is 6.42 Å². The molecule has 0 aromatic carbocycles. The second-order valence-corrected chi connectivity index (χ2v) is 5.16. The Labute approximate surface area is 81.5 Å². The van der Waals surface area contributed by atoms with E-state index in [1.54, 1.807) is 0 Å². The van der Waals surface area contributed by atoms with Gasteiger partial charge in [-0.25, -0.2) is 0 Å². The highest BCUT2D eigenvalue weighted by Gasteiger charge is 2.25. The van der Waals surface area contributed by atoms with E-state index in [-0.39, 0.29) is 11.6 Å². The van der Waals surface area contributed by atoms with Crippen LogP contribution < -0.4 is 5.73 Å². The van der Waals surface area contributed by atoms with Gasteiger partial charge in [0.05, 0.1) is 6.10 Å². The summed E-state index contributed by atoms with van der Waals surface area (Å²) in [5.41, 5.74) is 5.66. The quantitative estimate of drug-likeness (QED) is 0.707. The molecule has 1 atom stereocenters. The molecule has 0 spiro atoms. The van der Waals surface area contributed by atoms with Crippen LogP contribution in [0.4, 0.5) is 0 Å². The lowest BCUT2D eigenvalue weighted by Crippen LogP contribution is -2.39. The van der Waals surface area contributed by atoms with Crippen molar-refractivity contribution in [2.45, 2.75) is 64.0 Å². The van der Waals surface area contributed by atoms with Crippen LogP contribution in [0.2, 0.25) is 0 Å². The van der Waals surface area contributed by atoms with Gasteiger partial charge in [-0.3, -0.25) is 0 Å². The van der Waals surface area contributed by atoms with Crippen LogP contribution in [-0.2, 0) is 0 Å². The Morgan fingerprint density at radius 2 is 1.85 bits per heavy atom. The third kappa shape index (κ3) is 4.10. The largest absolute Gasteiger partial charge is 0.393 e. The van der Waals surface area contributed by atoms with E-state index >= 15 is 0 Å². The number of hydrogen-bond acceptors (Lipinski definition) is 2. The first kappa shape index (κ1) is 11.0. The highest BCUT2D eigenvalue weighted by atomic mass is 16.3. The Kier molecular flexibility index (Phi) is 3.74. The molecule has 78 valence electrons. The predicted octanol–water partition coefficient (Wildman–Crippen LogP) is 2.05. The first-order valence-electron chi connectivity index (χ1n) is 5.46. The lowest BCUT2D eigenvalue weighted by atomic mass is 9.81. The molecule has 0 amide bonds. The van der Waals surface area contributed by atoms with Crippen LogP contribution in [0.3, 0.4) is 0 Å². The number of nitrogens with two attached hydrogens (primary N) is 1. The van der Waals surface area contributed by atoms with Crippen LogP contribution in [0.25, 0.3) is 0 Å². The van der Waals surface area contributed by atoms with E-state index in [0.29, 0.717) is 5.92 Å². The van der Waals surface area contributed by atoms with Gasteiger partial charge in [-0.15, -0.1) is 0 Å². The molecule has 0 saturated heterocycles. The molecule has 1 unspecified atom stereocenters. The summed E-state index contributed by atoms with van der Waals surface area (Å²) >= 11 is 0. The van der Waals surface area contributed by atoms with Gasteiger partial charge in [-0.1, -0.05) is 19.3 Å². The molecule has 3 N–H and O–H groups in total. The molecule has 2 heteroatoms. The van der Waals surface area contributed by atoms with Crippen LogP contribution in [0.1, 0.15) is 52.4 Å². The van der Waals surface area contributed by atoms with Gasteiger partial charge in [0.2, 0.25) is 0 Å². The Balaban J connectivity index is 2.33. The predicted molar refractivity (Wildman–Crippen MR) is 55.5 cm³/mol. The first-order chi connectivity index (χ1) is 5.99. The first-order valence-corrected chi connectivity index (χ1v) is 5.46. The van der Waals surface area contributed by atoms with E-state index in [1.165, 1.54) is 32.1 Å². The average Bonchev–Trinajstić information content (AvgIpc) is 2.03. The van der Waals surface area contributed by atoms with Crippen molar-refractivity contribution >= 4 is 0 Å².